The summed E-state index contributed by atoms with van der Waals surface area (Å²) in [4.78, 5) is 12.8. The SMILES string of the molecule is O=Cc1ccc(-c2ccc3c4c(cccc24)CC3)s1. The predicted octanol–water partition coefficient (Wildman–Crippen LogP) is 4.48. The van der Waals surface area contributed by atoms with Gasteiger partial charge < -0.3 is 0 Å². The normalized spacial score (nSPS) is 13.1. The van der Waals surface area contributed by atoms with Crippen molar-refractivity contribution in [2.75, 3.05) is 0 Å². The molecule has 1 aliphatic carbocycles. The van der Waals surface area contributed by atoms with Crippen LogP contribution in [-0.2, 0) is 12.8 Å². The predicted molar refractivity (Wildman–Crippen MR) is 80.1 cm³/mol. The van der Waals surface area contributed by atoms with Crippen LogP contribution in [0.25, 0.3) is 21.2 Å². The van der Waals surface area contributed by atoms with Gasteiger partial charge in [0.15, 0.2) is 6.29 Å². The van der Waals surface area contributed by atoms with E-state index in [4.69, 9.17) is 0 Å². The molecule has 19 heavy (non-hydrogen) atoms. The first-order valence-electron chi connectivity index (χ1n) is 6.46. The molecule has 0 unspecified atom stereocenters. The Labute approximate surface area is 115 Å². The molecule has 0 radical (unpaired) electrons. The van der Waals surface area contributed by atoms with Crippen LogP contribution in [0, 0.1) is 0 Å². The molecular formula is C17H12OS. The molecule has 0 fully saturated rings. The molecule has 3 aromatic rings. The molecule has 1 aliphatic rings. The van der Waals surface area contributed by atoms with Crippen LogP contribution in [0.4, 0.5) is 0 Å². The van der Waals surface area contributed by atoms with Crippen molar-refractivity contribution < 1.29 is 4.79 Å². The van der Waals surface area contributed by atoms with Gasteiger partial charge in [-0.15, -0.1) is 11.3 Å². The number of benzene rings is 2. The van der Waals surface area contributed by atoms with Crippen molar-refractivity contribution in [2.24, 2.45) is 0 Å². The molecule has 0 N–H and O–H groups in total. The van der Waals surface area contributed by atoms with E-state index in [-0.39, 0.29) is 0 Å². The topological polar surface area (TPSA) is 17.1 Å². The molecule has 0 bridgehead atoms. The first-order chi connectivity index (χ1) is 9.36. The van der Waals surface area contributed by atoms with Crippen LogP contribution in [0.2, 0.25) is 0 Å². The van der Waals surface area contributed by atoms with Crippen molar-refractivity contribution in [3.05, 3.63) is 58.5 Å². The average molecular weight is 264 g/mol. The lowest BCUT2D eigenvalue weighted by molar-refractivity contribution is 0.112. The number of aryl methyl sites for hydroxylation is 2. The first kappa shape index (κ1) is 10.9. The van der Waals surface area contributed by atoms with Gasteiger partial charge >= 0.3 is 0 Å². The van der Waals surface area contributed by atoms with Crippen molar-refractivity contribution >= 4 is 28.4 Å². The lowest BCUT2D eigenvalue weighted by Gasteiger charge is -2.07. The Morgan fingerprint density at radius 2 is 1.79 bits per heavy atom. The van der Waals surface area contributed by atoms with Gasteiger partial charge in [0, 0.05) is 4.88 Å². The zero-order valence-corrected chi connectivity index (χ0v) is 11.2. The van der Waals surface area contributed by atoms with Crippen LogP contribution < -0.4 is 0 Å². The second-order valence-corrected chi connectivity index (χ2v) is 6.05. The molecule has 0 amide bonds. The molecule has 1 nitrogen and oxygen atoms in total. The molecule has 0 aliphatic heterocycles. The Morgan fingerprint density at radius 1 is 0.947 bits per heavy atom. The summed E-state index contributed by atoms with van der Waals surface area (Å²) in [7, 11) is 0. The standard InChI is InChI=1S/C17H12OS/c18-10-13-7-9-16(19-13)14-8-6-12-5-4-11-2-1-3-15(14)17(11)12/h1-3,6-10H,4-5H2. The minimum Gasteiger partial charge on any atom is -0.297 e. The highest BCUT2D eigenvalue weighted by atomic mass is 32.1. The summed E-state index contributed by atoms with van der Waals surface area (Å²) in [6, 6.07) is 15.0. The molecule has 1 heterocycles. The van der Waals surface area contributed by atoms with E-state index in [0.717, 1.165) is 24.0 Å². The molecule has 4 rings (SSSR count). The molecule has 92 valence electrons. The Kier molecular flexibility index (Phi) is 2.32. The van der Waals surface area contributed by atoms with Crippen molar-refractivity contribution in [3.8, 4) is 10.4 Å². The van der Waals surface area contributed by atoms with Crippen LogP contribution in [-0.4, -0.2) is 6.29 Å². The van der Waals surface area contributed by atoms with Gasteiger partial charge in [0.05, 0.1) is 4.88 Å². The maximum Gasteiger partial charge on any atom is 0.160 e. The first-order valence-corrected chi connectivity index (χ1v) is 7.27. The summed E-state index contributed by atoms with van der Waals surface area (Å²) < 4.78 is 0. The Bertz CT molecular complexity index is 788. The van der Waals surface area contributed by atoms with Crippen LogP contribution in [0.15, 0.2) is 42.5 Å². The Hall–Kier alpha value is -1.93. The fourth-order valence-electron chi connectivity index (χ4n) is 3.02. The lowest BCUT2D eigenvalue weighted by Crippen LogP contribution is -1.82. The molecule has 0 saturated carbocycles. The van der Waals surface area contributed by atoms with Gasteiger partial charge in [-0.05, 0) is 52.4 Å². The number of carbonyl (C=O) groups excluding carboxylic acids is 1. The minimum absolute atomic E-state index is 0.790. The molecular weight excluding hydrogens is 252 g/mol. The largest absolute Gasteiger partial charge is 0.297 e. The van der Waals surface area contributed by atoms with E-state index in [1.807, 2.05) is 12.1 Å². The summed E-state index contributed by atoms with van der Waals surface area (Å²) in [6.45, 7) is 0. The van der Waals surface area contributed by atoms with Crippen molar-refractivity contribution in [3.63, 3.8) is 0 Å². The molecule has 0 atom stereocenters. The van der Waals surface area contributed by atoms with E-state index in [1.54, 1.807) is 11.3 Å². The summed E-state index contributed by atoms with van der Waals surface area (Å²) in [6.07, 6.45) is 3.23. The molecule has 2 heteroatoms. The second kappa shape index (κ2) is 4.04. The highest BCUT2D eigenvalue weighted by Crippen LogP contribution is 2.38. The smallest absolute Gasteiger partial charge is 0.160 e. The molecule has 0 spiro atoms. The van der Waals surface area contributed by atoms with E-state index in [1.165, 1.54) is 32.3 Å². The third-order valence-electron chi connectivity index (χ3n) is 3.89. The summed E-state index contributed by atoms with van der Waals surface area (Å²) >= 11 is 1.56. The monoisotopic (exact) mass is 264 g/mol. The van der Waals surface area contributed by atoms with E-state index in [0.29, 0.717) is 0 Å². The number of hydrogen-bond donors (Lipinski definition) is 0. The van der Waals surface area contributed by atoms with E-state index < -0.39 is 0 Å². The lowest BCUT2D eigenvalue weighted by atomic mass is 9.99. The summed E-state index contributed by atoms with van der Waals surface area (Å²) in [5, 5.41) is 2.76. The second-order valence-electron chi connectivity index (χ2n) is 4.93. The minimum atomic E-state index is 0.790. The average Bonchev–Trinajstić information content (AvgIpc) is 3.08. The van der Waals surface area contributed by atoms with E-state index in [2.05, 4.69) is 30.3 Å². The number of hydrogen-bond acceptors (Lipinski definition) is 2. The van der Waals surface area contributed by atoms with Gasteiger partial charge in [0.2, 0.25) is 0 Å². The van der Waals surface area contributed by atoms with Gasteiger partial charge in [0.1, 0.15) is 0 Å². The number of carbonyl (C=O) groups is 1. The molecule has 2 aromatic carbocycles. The zero-order chi connectivity index (χ0) is 12.8. The van der Waals surface area contributed by atoms with Crippen LogP contribution in [0.3, 0.4) is 0 Å². The van der Waals surface area contributed by atoms with Crippen LogP contribution >= 0.6 is 11.3 Å². The van der Waals surface area contributed by atoms with Gasteiger partial charge in [-0.1, -0.05) is 30.3 Å². The van der Waals surface area contributed by atoms with Crippen molar-refractivity contribution in [2.45, 2.75) is 12.8 Å². The Balaban J connectivity index is 2.03. The fraction of sp³-hybridized carbons (Fsp3) is 0.118. The fourth-order valence-corrected chi connectivity index (χ4v) is 3.88. The Morgan fingerprint density at radius 3 is 2.58 bits per heavy atom. The van der Waals surface area contributed by atoms with Crippen LogP contribution in [0.5, 0.6) is 0 Å². The maximum atomic E-state index is 10.8. The van der Waals surface area contributed by atoms with Gasteiger partial charge in [-0.3, -0.25) is 4.79 Å². The van der Waals surface area contributed by atoms with Crippen molar-refractivity contribution in [1.82, 2.24) is 0 Å². The quantitative estimate of drug-likeness (QED) is 0.624. The summed E-state index contributed by atoms with van der Waals surface area (Å²) in [5.74, 6) is 0. The van der Waals surface area contributed by atoms with E-state index >= 15 is 0 Å². The van der Waals surface area contributed by atoms with Gasteiger partial charge in [-0.2, -0.15) is 0 Å². The number of thiophene rings is 1. The third kappa shape index (κ3) is 1.57. The van der Waals surface area contributed by atoms with Gasteiger partial charge in [0.25, 0.3) is 0 Å². The maximum absolute atomic E-state index is 10.8. The molecule has 0 saturated heterocycles. The molecule has 1 aromatic heterocycles. The van der Waals surface area contributed by atoms with Gasteiger partial charge in [-0.25, -0.2) is 0 Å². The zero-order valence-electron chi connectivity index (χ0n) is 10.3. The number of rotatable bonds is 2. The van der Waals surface area contributed by atoms with Crippen LogP contribution in [0.1, 0.15) is 20.8 Å². The van der Waals surface area contributed by atoms with E-state index in [9.17, 15) is 4.79 Å². The highest BCUT2D eigenvalue weighted by Gasteiger charge is 2.16. The van der Waals surface area contributed by atoms with Crippen molar-refractivity contribution in [1.29, 1.82) is 0 Å². The summed E-state index contributed by atoms with van der Waals surface area (Å²) in [5.41, 5.74) is 4.17. The number of aldehydes is 1. The highest BCUT2D eigenvalue weighted by molar-refractivity contribution is 7.17. The third-order valence-corrected chi connectivity index (χ3v) is 4.93.